The summed E-state index contributed by atoms with van der Waals surface area (Å²) in [6, 6.07) is 10.2. The first-order valence-corrected chi connectivity index (χ1v) is 15.4. The Kier molecular flexibility index (Phi) is 8.55. The fraction of sp³-hybridized carbons (Fsp3) is 0.588. The summed E-state index contributed by atoms with van der Waals surface area (Å²) >= 11 is 0. The predicted octanol–water partition coefficient (Wildman–Crippen LogP) is 3.86. The number of likely N-dealkylation sites (tertiary alicyclic amines) is 1. The summed E-state index contributed by atoms with van der Waals surface area (Å²) in [4.78, 5) is 29.7. The highest BCUT2D eigenvalue weighted by Gasteiger charge is 2.57. The van der Waals surface area contributed by atoms with Crippen LogP contribution in [0.5, 0.6) is 5.75 Å². The van der Waals surface area contributed by atoms with E-state index in [0.717, 1.165) is 23.2 Å². The molecule has 0 spiro atoms. The summed E-state index contributed by atoms with van der Waals surface area (Å²) < 4.78 is 5.91. The van der Waals surface area contributed by atoms with Gasteiger partial charge in [-0.05, 0) is 66.7 Å². The second kappa shape index (κ2) is 11.7. The molecule has 1 heterocycles. The lowest BCUT2D eigenvalue weighted by atomic mass is 9.45. The minimum atomic E-state index is -1.02. The number of aromatic carboxylic acids is 1. The molecule has 0 aromatic heterocycles. The number of β-amino-alcohol motifs (C(OH)–C–C–N with tert-alkyl or cyclic N) is 1. The van der Waals surface area contributed by atoms with Crippen molar-refractivity contribution in [2.24, 2.45) is 29.1 Å². The maximum atomic E-state index is 14.0. The Labute approximate surface area is 254 Å². The van der Waals surface area contributed by atoms with Gasteiger partial charge in [0.2, 0.25) is 5.91 Å². The molecule has 4 fully saturated rings. The van der Waals surface area contributed by atoms with Crippen molar-refractivity contribution in [1.82, 2.24) is 10.2 Å². The van der Waals surface area contributed by atoms with Crippen LogP contribution >= 0.6 is 0 Å². The van der Waals surface area contributed by atoms with Gasteiger partial charge in [-0.1, -0.05) is 39.0 Å². The van der Waals surface area contributed by atoms with Crippen LogP contribution < -0.4 is 15.0 Å². The number of para-hydroxylation sites is 1. The molecule has 43 heavy (non-hydrogen) atoms. The SMILES string of the molecule is COc1c(CN2C[C@H](O)[C@@H]([C@H](C)O)[C@H]2C(=O)N[C@H]2C[C@H]3C[C@@H]([C@@H]2C)C3(C)C)cccc1-c1cc(C(=O)O)cc(N(C)C)c1. The summed E-state index contributed by atoms with van der Waals surface area (Å²) in [6.07, 6.45) is 0.428. The number of carboxylic acid groups (broad SMARTS) is 1. The maximum Gasteiger partial charge on any atom is 0.335 e. The number of nitrogens with zero attached hydrogens (tertiary/aromatic N) is 2. The van der Waals surface area contributed by atoms with E-state index in [1.165, 1.54) is 6.42 Å². The quantitative estimate of drug-likeness (QED) is 0.346. The second-order valence-electron chi connectivity index (χ2n) is 13.8. The van der Waals surface area contributed by atoms with Crippen molar-refractivity contribution in [1.29, 1.82) is 0 Å². The molecule has 9 heteroatoms. The molecule has 4 N–H and O–H groups in total. The van der Waals surface area contributed by atoms with Gasteiger partial charge < -0.3 is 30.3 Å². The molecule has 1 amide bonds. The number of anilines is 1. The van der Waals surface area contributed by atoms with E-state index in [1.807, 2.05) is 48.2 Å². The van der Waals surface area contributed by atoms with Gasteiger partial charge in [0, 0.05) is 56.0 Å². The first kappa shape index (κ1) is 31.3. The Morgan fingerprint density at radius 3 is 2.49 bits per heavy atom. The van der Waals surface area contributed by atoms with Gasteiger partial charge in [0.15, 0.2) is 0 Å². The smallest absolute Gasteiger partial charge is 0.335 e. The Hall–Kier alpha value is -3.14. The minimum Gasteiger partial charge on any atom is -0.496 e. The van der Waals surface area contributed by atoms with Gasteiger partial charge in [0.05, 0.1) is 30.9 Å². The van der Waals surface area contributed by atoms with Crippen molar-refractivity contribution < 1.29 is 29.6 Å². The number of ether oxygens (including phenoxy) is 1. The van der Waals surface area contributed by atoms with E-state index in [9.17, 15) is 24.9 Å². The van der Waals surface area contributed by atoms with Crippen LogP contribution in [0.25, 0.3) is 11.1 Å². The van der Waals surface area contributed by atoms with Crippen molar-refractivity contribution in [3.63, 3.8) is 0 Å². The molecule has 1 aliphatic heterocycles. The van der Waals surface area contributed by atoms with Gasteiger partial charge in [-0.25, -0.2) is 4.79 Å². The fourth-order valence-electron chi connectivity index (χ4n) is 8.17. The van der Waals surface area contributed by atoms with E-state index in [1.54, 1.807) is 26.2 Å². The number of rotatable bonds is 9. The Balaban J connectivity index is 1.44. The molecule has 2 aromatic rings. The van der Waals surface area contributed by atoms with Crippen molar-refractivity contribution in [2.45, 2.75) is 71.4 Å². The van der Waals surface area contributed by atoms with Gasteiger partial charge in [-0.2, -0.15) is 0 Å². The lowest BCUT2D eigenvalue weighted by Gasteiger charge is -2.62. The monoisotopic (exact) mass is 593 g/mol. The Morgan fingerprint density at radius 2 is 1.91 bits per heavy atom. The van der Waals surface area contributed by atoms with Crippen LogP contribution in [0.4, 0.5) is 5.69 Å². The third-order valence-electron chi connectivity index (χ3n) is 10.8. The van der Waals surface area contributed by atoms with Crippen LogP contribution in [0.1, 0.15) is 56.5 Å². The van der Waals surface area contributed by atoms with Crippen LogP contribution in [0.2, 0.25) is 0 Å². The van der Waals surface area contributed by atoms with Crippen LogP contribution in [-0.4, -0.2) is 84.1 Å². The molecule has 1 saturated heterocycles. The number of carbonyl (C=O) groups excluding carboxylic acids is 1. The van der Waals surface area contributed by atoms with Crippen LogP contribution in [0.15, 0.2) is 36.4 Å². The zero-order chi connectivity index (χ0) is 31.4. The van der Waals surface area contributed by atoms with Crippen molar-refractivity contribution >= 4 is 17.6 Å². The lowest BCUT2D eigenvalue weighted by molar-refractivity contribution is -0.139. The standard InChI is InChI=1S/C34H47N3O6/c1-18-26-14-23(34(26,3)4)15-27(18)35-32(40)30-29(19(2)38)28(39)17-37(30)16-20-9-8-10-25(31(20)43-7)21-11-22(33(41)42)13-24(12-21)36(5)6/h8-13,18-19,23,26-30,38-39H,14-17H2,1-7H3,(H,35,40)(H,41,42)/t18-,19-,23+,26-,27-,28-,29+,30-/m0/s1. The average molecular weight is 594 g/mol. The zero-order valence-electron chi connectivity index (χ0n) is 26.4. The molecule has 2 bridgehead atoms. The van der Waals surface area contributed by atoms with E-state index in [4.69, 9.17) is 4.74 Å². The highest BCUT2D eigenvalue weighted by Crippen LogP contribution is 2.61. The largest absolute Gasteiger partial charge is 0.496 e. The topological polar surface area (TPSA) is 123 Å². The highest BCUT2D eigenvalue weighted by molar-refractivity contribution is 5.92. The number of hydrogen-bond donors (Lipinski definition) is 4. The molecule has 0 radical (unpaired) electrons. The molecule has 9 nitrogen and oxygen atoms in total. The van der Waals surface area contributed by atoms with Gasteiger partial charge in [0.1, 0.15) is 5.75 Å². The number of nitrogens with one attached hydrogen (secondary N) is 1. The van der Waals surface area contributed by atoms with Crippen molar-refractivity contribution in [3.05, 3.63) is 47.5 Å². The Bertz CT molecular complexity index is 1370. The average Bonchev–Trinajstić information content (AvgIpc) is 3.28. The summed E-state index contributed by atoms with van der Waals surface area (Å²) in [5.74, 6) is 0.307. The number of carbonyl (C=O) groups is 2. The molecule has 3 aliphatic carbocycles. The van der Waals surface area contributed by atoms with Crippen molar-refractivity contribution in [3.8, 4) is 16.9 Å². The Morgan fingerprint density at radius 1 is 1.19 bits per heavy atom. The normalized spacial score (nSPS) is 30.3. The third kappa shape index (κ3) is 5.63. The van der Waals surface area contributed by atoms with Crippen LogP contribution in [0.3, 0.4) is 0 Å². The zero-order valence-corrected chi connectivity index (χ0v) is 26.4. The molecule has 0 unspecified atom stereocenters. The second-order valence-corrected chi connectivity index (χ2v) is 13.8. The fourth-order valence-corrected chi connectivity index (χ4v) is 8.17. The van der Waals surface area contributed by atoms with E-state index in [-0.39, 0.29) is 24.1 Å². The summed E-state index contributed by atoms with van der Waals surface area (Å²) in [7, 11) is 5.30. The highest BCUT2D eigenvalue weighted by atomic mass is 16.5. The molecule has 234 valence electrons. The molecule has 4 aliphatic rings. The molecular formula is C34H47N3O6. The number of benzene rings is 2. The number of fused-ring (bicyclic) bond motifs is 2. The molecule has 3 saturated carbocycles. The summed E-state index contributed by atoms with van der Waals surface area (Å²) in [6.45, 7) is 9.08. The molecule has 8 atom stereocenters. The third-order valence-corrected chi connectivity index (χ3v) is 10.8. The number of aliphatic hydroxyl groups excluding tert-OH is 2. The number of carboxylic acids is 1. The first-order chi connectivity index (χ1) is 20.2. The minimum absolute atomic E-state index is 0.0729. The number of aliphatic hydroxyl groups is 2. The number of amides is 1. The van der Waals surface area contributed by atoms with Gasteiger partial charge in [-0.3, -0.25) is 9.69 Å². The van der Waals surface area contributed by atoms with Gasteiger partial charge >= 0.3 is 5.97 Å². The molecular weight excluding hydrogens is 546 g/mol. The molecule has 2 aromatic carbocycles. The predicted molar refractivity (Wildman–Crippen MR) is 166 cm³/mol. The lowest BCUT2D eigenvalue weighted by Crippen LogP contribution is -2.62. The number of methoxy groups -OCH3 is 1. The molecule has 6 rings (SSSR count). The van der Waals surface area contributed by atoms with Crippen LogP contribution in [-0.2, 0) is 11.3 Å². The van der Waals surface area contributed by atoms with Crippen LogP contribution in [0, 0.1) is 29.1 Å². The van der Waals surface area contributed by atoms with E-state index in [2.05, 4.69) is 26.1 Å². The van der Waals surface area contributed by atoms with E-state index < -0.39 is 30.1 Å². The first-order valence-electron chi connectivity index (χ1n) is 15.4. The van der Waals surface area contributed by atoms with E-state index >= 15 is 0 Å². The summed E-state index contributed by atoms with van der Waals surface area (Å²) in [5.41, 5.74) is 3.46. The van der Waals surface area contributed by atoms with Gasteiger partial charge in [-0.15, -0.1) is 0 Å². The summed E-state index contributed by atoms with van der Waals surface area (Å²) in [5, 5.41) is 34.8. The van der Waals surface area contributed by atoms with Gasteiger partial charge in [0.25, 0.3) is 0 Å². The van der Waals surface area contributed by atoms with Crippen molar-refractivity contribution in [2.75, 3.05) is 32.6 Å². The van der Waals surface area contributed by atoms with E-state index in [0.29, 0.717) is 41.0 Å². The number of hydrogen-bond acceptors (Lipinski definition) is 7. The maximum absolute atomic E-state index is 14.0.